The highest BCUT2D eigenvalue weighted by molar-refractivity contribution is 6.05. The van der Waals surface area contributed by atoms with E-state index in [0.717, 1.165) is 5.69 Å². The van der Waals surface area contributed by atoms with Gasteiger partial charge in [-0.2, -0.15) is 0 Å². The number of benzene rings is 2. The van der Waals surface area contributed by atoms with Crippen LogP contribution in [0, 0.1) is 0 Å². The Hall–Kier alpha value is -3.35. The van der Waals surface area contributed by atoms with Crippen molar-refractivity contribution in [2.24, 2.45) is 0 Å². The van der Waals surface area contributed by atoms with E-state index in [1.807, 2.05) is 43.3 Å². The Bertz CT molecular complexity index is 883. The highest BCUT2D eigenvalue weighted by Gasteiger charge is 2.23. The first kappa shape index (κ1) is 20.4. The molecule has 2 aromatic carbocycles. The van der Waals surface area contributed by atoms with Gasteiger partial charge in [-0.25, -0.2) is 0 Å². The number of amides is 3. The summed E-state index contributed by atoms with van der Waals surface area (Å²) in [5.74, 6) is -0.278. The summed E-state index contributed by atoms with van der Waals surface area (Å²) >= 11 is 0. The van der Waals surface area contributed by atoms with E-state index in [-0.39, 0.29) is 17.7 Å². The molecule has 0 radical (unpaired) electrons. The maximum absolute atomic E-state index is 12.7. The van der Waals surface area contributed by atoms with E-state index < -0.39 is 0 Å². The summed E-state index contributed by atoms with van der Waals surface area (Å²) in [5.41, 5.74) is 2.78. The van der Waals surface area contributed by atoms with Gasteiger partial charge in [-0.1, -0.05) is 0 Å². The van der Waals surface area contributed by atoms with E-state index in [1.165, 1.54) is 6.92 Å². The molecule has 0 aromatic heterocycles. The van der Waals surface area contributed by atoms with Gasteiger partial charge in [0.1, 0.15) is 0 Å². The fourth-order valence-electron chi connectivity index (χ4n) is 3.22. The molecule has 1 aliphatic heterocycles. The minimum atomic E-state index is -0.225. The number of hydrogen-bond donors (Lipinski definition) is 1. The number of piperazine rings is 1. The predicted octanol–water partition coefficient (Wildman–Crippen LogP) is 2.31. The third kappa shape index (κ3) is 4.93. The van der Waals surface area contributed by atoms with Crippen molar-refractivity contribution in [2.75, 3.05) is 50.5 Å². The molecule has 1 aliphatic rings. The summed E-state index contributed by atoms with van der Waals surface area (Å²) in [4.78, 5) is 42.0. The molecule has 2 aromatic rings. The average Bonchev–Trinajstić information content (AvgIpc) is 2.73. The van der Waals surface area contributed by atoms with Gasteiger partial charge < -0.3 is 20.0 Å². The maximum atomic E-state index is 12.7. The van der Waals surface area contributed by atoms with Gasteiger partial charge in [0.25, 0.3) is 11.8 Å². The van der Waals surface area contributed by atoms with E-state index in [1.54, 1.807) is 34.1 Å². The van der Waals surface area contributed by atoms with Crippen LogP contribution in [0.25, 0.3) is 0 Å². The second-order valence-corrected chi connectivity index (χ2v) is 7.27. The van der Waals surface area contributed by atoms with Crippen LogP contribution in [0.5, 0.6) is 0 Å². The number of carbonyl (C=O) groups is 3. The summed E-state index contributed by atoms with van der Waals surface area (Å²) < 4.78 is 0. The molecule has 3 amide bonds. The van der Waals surface area contributed by atoms with Crippen molar-refractivity contribution in [1.29, 1.82) is 0 Å². The number of carbonyl (C=O) groups excluding carboxylic acids is 3. The molecule has 0 aliphatic carbocycles. The third-order valence-corrected chi connectivity index (χ3v) is 5.05. The van der Waals surface area contributed by atoms with E-state index >= 15 is 0 Å². The zero-order chi connectivity index (χ0) is 21.0. The molecule has 7 nitrogen and oxygen atoms in total. The minimum absolute atomic E-state index is 0.0313. The summed E-state index contributed by atoms with van der Waals surface area (Å²) in [7, 11) is 3.92. The normalized spacial score (nSPS) is 13.8. The van der Waals surface area contributed by atoms with Crippen molar-refractivity contribution >= 4 is 29.1 Å². The number of nitrogens with one attached hydrogen (secondary N) is 1. The largest absolute Gasteiger partial charge is 0.378 e. The van der Waals surface area contributed by atoms with Crippen LogP contribution in [-0.4, -0.2) is 67.8 Å². The Morgan fingerprint density at radius 3 is 1.83 bits per heavy atom. The third-order valence-electron chi connectivity index (χ3n) is 5.05. The number of hydrogen-bond acceptors (Lipinski definition) is 4. The quantitative estimate of drug-likeness (QED) is 0.864. The number of rotatable bonds is 4. The van der Waals surface area contributed by atoms with E-state index in [9.17, 15) is 14.4 Å². The number of nitrogens with zero attached hydrogens (tertiary/aromatic N) is 3. The molecule has 29 heavy (non-hydrogen) atoms. The lowest BCUT2D eigenvalue weighted by Crippen LogP contribution is -2.50. The molecule has 3 rings (SSSR count). The lowest BCUT2D eigenvalue weighted by molar-refractivity contribution is -0.130. The molecule has 0 atom stereocenters. The Morgan fingerprint density at radius 1 is 0.793 bits per heavy atom. The monoisotopic (exact) mass is 394 g/mol. The highest BCUT2D eigenvalue weighted by Crippen LogP contribution is 2.17. The molecule has 0 spiro atoms. The van der Waals surface area contributed by atoms with E-state index in [2.05, 4.69) is 5.32 Å². The second kappa shape index (κ2) is 8.77. The van der Waals surface area contributed by atoms with E-state index in [4.69, 9.17) is 0 Å². The van der Waals surface area contributed by atoms with Gasteiger partial charge >= 0.3 is 0 Å². The molecular weight excluding hydrogens is 368 g/mol. The first-order chi connectivity index (χ1) is 13.8. The second-order valence-electron chi connectivity index (χ2n) is 7.27. The lowest BCUT2D eigenvalue weighted by atomic mass is 10.1. The van der Waals surface area contributed by atoms with E-state index in [0.29, 0.717) is 43.0 Å². The number of anilines is 2. The van der Waals surface area contributed by atoms with Crippen molar-refractivity contribution < 1.29 is 14.4 Å². The van der Waals surface area contributed by atoms with Crippen molar-refractivity contribution in [2.45, 2.75) is 6.92 Å². The van der Waals surface area contributed by atoms with Gasteiger partial charge in [0.2, 0.25) is 5.91 Å². The van der Waals surface area contributed by atoms with Crippen molar-refractivity contribution in [3.63, 3.8) is 0 Å². The molecule has 0 saturated carbocycles. The first-order valence-corrected chi connectivity index (χ1v) is 9.59. The van der Waals surface area contributed by atoms with Crippen molar-refractivity contribution in [3.05, 3.63) is 59.7 Å². The fraction of sp³-hybridized carbons (Fsp3) is 0.318. The highest BCUT2D eigenvalue weighted by atomic mass is 16.2. The maximum Gasteiger partial charge on any atom is 0.255 e. The van der Waals surface area contributed by atoms with Crippen LogP contribution in [-0.2, 0) is 4.79 Å². The van der Waals surface area contributed by atoms with Crippen LogP contribution >= 0.6 is 0 Å². The summed E-state index contributed by atoms with van der Waals surface area (Å²) in [6, 6.07) is 14.2. The van der Waals surface area contributed by atoms with Crippen LogP contribution in [0.1, 0.15) is 27.6 Å². The Balaban J connectivity index is 1.60. The van der Waals surface area contributed by atoms with Crippen LogP contribution in [0.3, 0.4) is 0 Å². The molecule has 1 saturated heterocycles. The molecule has 1 N–H and O–H groups in total. The average molecular weight is 394 g/mol. The fourth-order valence-corrected chi connectivity index (χ4v) is 3.22. The van der Waals surface area contributed by atoms with Crippen LogP contribution in [0.4, 0.5) is 11.4 Å². The minimum Gasteiger partial charge on any atom is -0.378 e. The summed E-state index contributed by atoms with van der Waals surface area (Å²) in [6.45, 7) is 3.67. The molecular formula is C22H26N4O3. The molecule has 7 heteroatoms. The Labute approximate surface area is 170 Å². The summed E-state index contributed by atoms with van der Waals surface area (Å²) in [6.07, 6.45) is 0. The van der Waals surface area contributed by atoms with Crippen LogP contribution < -0.4 is 10.2 Å². The SMILES string of the molecule is CC(=O)N1CCN(C(=O)c2ccc(C(=O)Nc3ccc(N(C)C)cc3)cc2)CC1. The molecule has 1 fully saturated rings. The summed E-state index contributed by atoms with van der Waals surface area (Å²) in [5, 5.41) is 2.86. The predicted molar refractivity (Wildman–Crippen MR) is 113 cm³/mol. The standard InChI is InChI=1S/C22H26N4O3/c1-16(27)25-12-14-26(15-13-25)22(29)18-6-4-17(5-7-18)21(28)23-19-8-10-20(11-9-19)24(2)3/h4-11H,12-15H2,1-3H3,(H,23,28). The Kier molecular flexibility index (Phi) is 6.16. The Morgan fingerprint density at radius 2 is 1.31 bits per heavy atom. The van der Waals surface area contributed by atoms with Gasteiger partial charge in [-0.15, -0.1) is 0 Å². The zero-order valence-corrected chi connectivity index (χ0v) is 17.0. The van der Waals surface area contributed by atoms with Gasteiger partial charge in [-0.05, 0) is 48.5 Å². The first-order valence-electron chi connectivity index (χ1n) is 9.59. The van der Waals surface area contributed by atoms with Crippen LogP contribution in [0.15, 0.2) is 48.5 Å². The van der Waals surface area contributed by atoms with Gasteiger partial charge in [0.15, 0.2) is 0 Å². The van der Waals surface area contributed by atoms with Crippen molar-refractivity contribution in [3.8, 4) is 0 Å². The molecule has 0 unspecified atom stereocenters. The van der Waals surface area contributed by atoms with Gasteiger partial charge in [-0.3, -0.25) is 14.4 Å². The van der Waals surface area contributed by atoms with Crippen LogP contribution in [0.2, 0.25) is 0 Å². The molecule has 0 bridgehead atoms. The zero-order valence-electron chi connectivity index (χ0n) is 17.0. The van der Waals surface area contributed by atoms with Crippen molar-refractivity contribution in [1.82, 2.24) is 9.80 Å². The van der Waals surface area contributed by atoms with Gasteiger partial charge in [0.05, 0.1) is 0 Å². The van der Waals surface area contributed by atoms with Gasteiger partial charge in [0, 0.05) is 69.7 Å². The topological polar surface area (TPSA) is 73.0 Å². The smallest absolute Gasteiger partial charge is 0.255 e. The molecule has 1 heterocycles. The molecule has 152 valence electrons. The lowest BCUT2D eigenvalue weighted by Gasteiger charge is -2.34.